The van der Waals surface area contributed by atoms with E-state index < -0.39 is 0 Å². The molecular formula is C16H24ClN3. The van der Waals surface area contributed by atoms with Crippen molar-refractivity contribution in [3.8, 4) is 6.07 Å². The van der Waals surface area contributed by atoms with Crippen molar-refractivity contribution in [2.45, 2.75) is 58.3 Å². The molecule has 0 radical (unpaired) electrons. The number of nitrogens with zero attached hydrogens (tertiary/aromatic N) is 2. The monoisotopic (exact) mass is 293 g/mol. The largest absolute Gasteiger partial charge is 0.369 e. The molecule has 0 spiro atoms. The Hall–Kier alpha value is -1.27. The first-order valence-electron chi connectivity index (χ1n) is 7.58. The maximum atomic E-state index is 8.88. The molecule has 0 aliphatic heterocycles. The first kappa shape index (κ1) is 16.8. The van der Waals surface area contributed by atoms with Crippen LogP contribution >= 0.6 is 11.6 Å². The molecule has 0 saturated heterocycles. The normalized spacial score (nSPS) is 10.2. The number of rotatable bonds is 10. The van der Waals surface area contributed by atoms with Gasteiger partial charge in [0.15, 0.2) is 0 Å². The highest BCUT2D eigenvalue weighted by Gasteiger charge is 2.05. The number of anilines is 1. The van der Waals surface area contributed by atoms with Crippen molar-refractivity contribution in [3.05, 3.63) is 22.8 Å². The second kappa shape index (κ2) is 10.5. The average molecular weight is 294 g/mol. The van der Waals surface area contributed by atoms with Gasteiger partial charge in [0.2, 0.25) is 0 Å². The van der Waals surface area contributed by atoms with Crippen molar-refractivity contribution >= 4 is 17.4 Å². The fourth-order valence-corrected chi connectivity index (χ4v) is 2.34. The molecule has 1 heterocycles. The standard InChI is InChI=1S/C16H24ClN3/c1-2-3-4-5-6-7-8-9-11-19-16-15(17)14(13-18)10-12-20-16/h10,12H,2-9,11H2,1H3,(H,19,20). The van der Waals surface area contributed by atoms with Crippen LogP contribution in [-0.4, -0.2) is 11.5 Å². The number of hydrogen-bond acceptors (Lipinski definition) is 3. The Labute approximate surface area is 127 Å². The summed E-state index contributed by atoms with van der Waals surface area (Å²) < 4.78 is 0. The summed E-state index contributed by atoms with van der Waals surface area (Å²) in [6.45, 7) is 3.10. The summed E-state index contributed by atoms with van der Waals surface area (Å²) in [6.07, 6.45) is 12.0. The molecule has 3 nitrogen and oxygen atoms in total. The lowest BCUT2D eigenvalue weighted by Crippen LogP contribution is -2.04. The molecule has 20 heavy (non-hydrogen) atoms. The number of nitrogens with one attached hydrogen (secondary N) is 1. The Morgan fingerprint density at radius 2 is 1.80 bits per heavy atom. The topological polar surface area (TPSA) is 48.7 Å². The van der Waals surface area contributed by atoms with E-state index in [0.717, 1.165) is 13.0 Å². The van der Waals surface area contributed by atoms with Gasteiger partial charge in [-0.05, 0) is 12.5 Å². The van der Waals surface area contributed by atoms with Gasteiger partial charge in [-0.1, -0.05) is 63.5 Å². The third-order valence-corrected chi connectivity index (χ3v) is 3.72. The van der Waals surface area contributed by atoms with Crippen LogP contribution in [0.3, 0.4) is 0 Å². The zero-order chi connectivity index (χ0) is 14.6. The van der Waals surface area contributed by atoms with Crippen LogP contribution in [0.15, 0.2) is 12.3 Å². The molecule has 0 bridgehead atoms. The zero-order valence-corrected chi connectivity index (χ0v) is 13.0. The predicted molar refractivity (Wildman–Crippen MR) is 85.1 cm³/mol. The van der Waals surface area contributed by atoms with Gasteiger partial charge in [0, 0.05) is 12.7 Å². The second-order valence-corrected chi connectivity index (χ2v) is 5.41. The highest BCUT2D eigenvalue weighted by atomic mass is 35.5. The second-order valence-electron chi connectivity index (χ2n) is 5.03. The maximum absolute atomic E-state index is 8.88. The molecule has 1 aromatic rings. The molecule has 0 amide bonds. The zero-order valence-electron chi connectivity index (χ0n) is 12.3. The molecule has 0 fully saturated rings. The Morgan fingerprint density at radius 1 is 1.15 bits per heavy atom. The minimum absolute atomic E-state index is 0.426. The lowest BCUT2D eigenvalue weighted by Gasteiger charge is -2.07. The van der Waals surface area contributed by atoms with Crippen molar-refractivity contribution in [2.24, 2.45) is 0 Å². The summed E-state index contributed by atoms with van der Waals surface area (Å²) in [5.41, 5.74) is 0.472. The highest BCUT2D eigenvalue weighted by molar-refractivity contribution is 6.34. The maximum Gasteiger partial charge on any atom is 0.146 e. The number of hydrogen-bond donors (Lipinski definition) is 1. The van der Waals surface area contributed by atoms with Crippen LogP contribution in [0.1, 0.15) is 63.9 Å². The summed E-state index contributed by atoms with van der Waals surface area (Å²) >= 11 is 6.07. The molecule has 1 N–H and O–H groups in total. The van der Waals surface area contributed by atoms with E-state index in [9.17, 15) is 0 Å². The summed E-state index contributed by atoms with van der Waals surface area (Å²) in [4.78, 5) is 4.16. The van der Waals surface area contributed by atoms with E-state index in [1.54, 1.807) is 12.3 Å². The Morgan fingerprint density at radius 3 is 2.45 bits per heavy atom. The third kappa shape index (κ3) is 6.25. The highest BCUT2D eigenvalue weighted by Crippen LogP contribution is 2.22. The first-order valence-corrected chi connectivity index (χ1v) is 7.96. The quantitative estimate of drug-likeness (QED) is 0.606. The Kier molecular flexibility index (Phi) is 8.82. The molecule has 1 aromatic heterocycles. The molecule has 0 saturated carbocycles. The first-order chi connectivity index (χ1) is 9.79. The molecule has 0 aliphatic rings. The van der Waals surface area contributed by atoms with E-state index in [1.165, 1.54) is 44.9 Å². The van der Waals surface area contributed by atoms with Crippen molar-refractivity contribution in [1.82, 2.24) is 4.98 Å². The van der Waals surface area contributed by atoms with E-state index in [2.05, 4.69) is 23.3 Å². The minimum atomic E-state index is 0.426. The van der Waals surface area contributed by atoms with E-state index in [-0.39, 0.29) is 0 Å². The van der Waals surface area contributed by atoms with Crippen LogP contribution in [-0.2, 0) is 0 Å². The van der Waals surface area contributed by atoms with Crippen LogP contribution in [0.25, 0.3) is 0 Å². The number of aromatic nitrogens is 1. The van der Waals surface area contributed by atoms with Crippen molar-refractivity contribution in [2.75, 3.05) is 11.9 Å². The predicted octanol–water partition coefficient (Wildman–Crippen LogP) is 5.16. The van der Waals surface area contributed by atoms with Gasteiger partial charge in [-0.15, -0.1) is 0 Å². The summed E-state index contributed by atoms with van der Waals surface area (Å²) in [5.74, 6) is 0.619. The molecular weight excluding hydrogens is 270 g/mol. The van der Waals surface area contributed by atoms with Gasteiger partial charge in [-0.2, -0.15) is 5.26 Å². The lowest BCUT2D eigenvalue weighted by atomic mass is 10.1. The molecule has 1 rings (SSSR count). The summed E-state index contributed by atoms with van der Waals surface area (Å²) in [5, 5.41) is 12.5. The average Bonchev–Trinajstić information content (AvgIpc) is 2.47. The molecule has 110 valence electrons. The molecule has 0 atom stereocenters. The van der Waals surface area contributed by atoms with Gasteiger partial charge in [-0.3, -0.25) is 0 Å². The Bertz CT molecular complexity index is 426. The Balaban J connectivity index is 2.11. The third-order valence-electron chi connectivity index (χ3n) is 3.33. The fraction of sp³-hybridized carbons (Fsp3) is 0.625. The van der Waals surface area contributed by atoms with Crippen molar-refractivity contribution in [3.63, 3.8) is 0 Å². The smallest absolute Gasteiger partial charge is 0.146 e. The van der Waals surface area contributed by atoms with Crippen molar-refractivity contribution in [1.29, 1.82) is 5.26 Å². The SMILES string of the molecule is CCCCCCCCCCNc1nccc(C#N)c1Cl. The lowest BCUT2D eigenvalue weighted by molar-refractivity contribution is 0.581. The number of pyridine rings is 1. The number of halogens is 1. The number of unbranched alkanes of at least 4 members (excludes halogenated alkanes) is 7. The molecule has 4 heteroatoms. The van der Waals surface area contributed by atoms with Crippen LogP contribution in [0, 0.1) is 11.3 Å². The molecule has 0 aliphatic carbocycles. The summed E-state index contributed by atoms with van der Waals surface area (Å²) in [7, 11) is 0. The van der Waals surface area contributed by atoms with E-state index >= 15 is 0 Å². The molecule has 0 unspecified atom stereocenters. The van der Waals surface area contributed by atoms with Crippen LogP contribution < -0.4 is 5.32 Å². The van der Waals surface area contributed by atoms with Gasteiger partial charge in [0.05, 0.1) is 5.56 Å². The van der Waals surface area contributed by atoms with Gasteiger partial charge in [0.25, 0.3) is 0 Å². The van der Waals surface area contributed by atoms with Gasteiger partial charge >= 0.3 is 0 Å². The van der Waals surface area contributed by atoms with Gasteiger partial charge in [-0.25, -0.2) is 4.98 Å². The number of nitriles is 1. The van der Waals surface area contributed by atoms with Crippen LogP contribution in [0.5, 0.6) is 0 Å². The van der Waals surface area contributed by atoms with E-state index in [0.29, 0.717) is 16.4 Å². The minimum Gasteiger partial charge on any atom is -0.369 e. The summed E-state index contributed by atoms with van der Waals surface area (Å²) in [6, 6.07) is 3.69. The van der Waals surface area contributed by atoms with Crippen molar-refractivity contribution < 1.29 is 0 Å². The van der Waals surface area contributed by atoms with E-state index in [4.69, 9.17) is 16.9 Å². The molecule has 0 aromatic carbocycles. The van der Waals surface area contributed by atoms with Gasteiger partial charge in [0.1, 0.15) is 16.9 Å². The van der Waals surface area contributed by atoms with E-state index in [1.807, 2.05) is 0 Å². The van der Waals surface area contributed by atoms with Crippen LogP contribution in [0.2, 0.25) is 5.02 Å². The van der Waals surface area contributed by atoms with Gasteiger partial charge < -0.3 is 5.32 Å². The fourth-order valence-electron chi connectivity index (χ4n) is 2.12. The van der Waals surface area contributed by atoms with Crippen LogP contribution in [0.4, 0.5) is 5.82 Å².